The third-order valence-corrected chi connectivity index (χ3v) is 5.64. The summed E-state index contributed by atoms with van der Waals surface area (Å²) in [5.74, 6) is 0. The molecule has 215 valence electrons. The van der Waals surface area contributed by atoms with E-state index in [2.05, 4.69) is 4.72 Å². The van der Waals surface area contributed by atoms with Gasteiger partial charge in [0.15, 0.2) is 10.1 Å². The van der Waals surface area contributed by atoms with Crippen molar-refractivity contribution < 1.29 is 54.7 Å². The van der Waals surface area contributed by atoms with E-state index in [4.69, 9.17) is 18.7 Å². The van der Waals surface area contributed by atoms with Crippen LogP contribution in [0, 0.1) is 64.2 Å². The van der Waals surface area contributed by atoms with E-state index in [1.165, 1.54) is 0 Å². The Morgan fingerprint density at radius 3 is 1.23 bits per heavy atom. The largest absolute Gasteiger partial charge is 0.741 e. The molecule has 13 heteroatoms. The van der Waals surface area contributed by atoms with Crippen LogP contribution < -0.4 is 4.72 Å². The van der Waals surface area contributed by atoms with Crippen molar-refractivity contribution >= 4 is 20.1 Å². The van der Waals surface area contributed by atoms with Crippen LogP contribution in [0.3, 0.4) is 0 Å². The van der Waals surface area contributed by atoms with Crippen LogP contribution in [0.2, 0.25) is 0 Å². The monoisotopic (exact) mass is 761 g/mol. The Morgan fingerprint density at radius 2 is 0.974 bits per heavy atom. The van der Waals surface area contributed by atoms with E-state index in [9.17, 15) is 21.6 Å². The van der Waals surface area contributed by atoms with E-state index in [0.29, 0.717) is 0 Å². The van der Waals surface area contributed by atoms with Crippen LogP contribution in [0.4, 0.5) is 13.2 Å². The minimum absolute atomic E-state index is 0. The molecule has 11 radical (unpaired) electrons. The van der Waals surface area contributed by atoms with E-state index >= 15 is 0 Å². The number of sulfonamides is 1. The van der Waals surface area contributed by atoms with E-state index in [1.807, 2.05) is 125 Å². The first-order valence-electron chi connectivity index (χ1n) is 10.9. The zero-order valence-electron chi connectivity index (χ0n) is 20.5. The summed E-state index contributed by atoms with van der Waals surface area (Å²) in [5, 5.41) is 0. The van der Waals surface area contributed by atoms with Crippen molar-refractivity contribution in [1.82, 2.24) is 4.72 Å². The van der Waals surface area contributed by atoms with Crippen molar-refractivity contribution in [2.45, 2.75) is 17.6 Å². The van der Waals surface area contributed by atoms with Crippen molar-refractivity contribution in [2.24, 2.45) is 0 Å². The normalized spacial score (nSPS) is 16.6. The molecular weight excluding hydrogens is 734 g/mol. The summed E-state index contributed by atoms with van der Waals surface area (Å²) in [5.41, 5.74) is 4.27. The van der Waals surface area contributed by atoms with Crippen LogP contribution in [0.1, 0.15) is 23.2 Å². The molecule has 2 aromatic rings. The Labute approximate surface area is 244 Å². The van der Waals surface area contributed by atoms with Gasteiger partial charge < -0.3 is 10.3 Å². The summed E-state index contributed by atoms with van der Waals surface area (Å²) in [6, 6.07) is 17.1. The smallest absolute Gasteiger partial charge is 0.485 e. The van der Waals surface area contributed by atoms with Crippen LogP contribution in [0.5, 0.6) is 0 Å². The van der Waals surface area contributed by atoms with Gasteiger partial charge in [0.2, 0.25) is 10.0 Å². The van der Waals surface area contributed by atoms with Gasteiger partial charge in [-0.15, -0.1) is 0 Å². The Bertz CT molecular complexity index is 1090. The van der Waals surface area contributed by atoms with Gasteiger partial charge in [-0.3, -0.25) is 0 Å². The van der Waals surface area contributed by atoms with Gasteiger partial charge in [0, 0.05) is 26.1 Å². The van der Waals surface area contributed by atoms with Gasteiger partial charge >= 0.3 is 5.51 Å². The summed E-state index contributed by atoms with van der Waals surface area (Å²) in [4.78, 5) is 0. The molecule has 0 amide bonds. The van der Waals surface area contributed by atoms with Crippen LogP contribution in [0.25, 0.3) is 5.73 Å². The third kappa shape index (κ3) is 17.2. The van der Waals surface area contributed by atoms with Crippen molar-refractivity contribution in [3.63, 3.8) is 0 Å². The maximum absolute atomic E-state index is 11.6. The van der Waals surface area contributed by atoms with Crippen LogP contribution in [-0.2, 0) is 40.2 Å². The summed E-state index contributed by atoms with van der Waals surface area (Å²) < 4.78 is 84.6. The maximum Gasteiger partial charge on any atom is 0.485 e. The summed E-state index contributed by atoms with van der Waals surface area (Å²) in [7, 11) is -9.48. The molecule has 2 aromatic carbocycles. The molecule has 0 spiro atoms. The average Bonchev–Trinajstić information content (AvgIpc) is 3.61. The van der Waals surface area contributed by atoms with Gasteiger partial charge in [-0.25, -0.2) is 21.6 Å². The second-order valence-corrected chi connectivity index (χ2v) is 10.6. The van der Waals surface area contributed by atoms with Crippen LogP contribution >= 0.6 is 0 Å². The van der Waals surface area contributed by atoms with Gasteiger partial charge in [-0.05, 0) is 69.8 Å². The molecule has 2 aliphatic carbocycles. The Kier molecular flexibility index (Phi) is 18.3. The fraction of sp³-hybridized carbons (Fsp3) is 0.154. The number of rotatable bonds is 5. The fourth-order valence-corrected chi connectivity index (χ4v) is 3.45. The van der Waals surface area contributed by atoms with Crippen molar-refractivity contribution in [3.05, 3.63) is 142 Å². The molecule has 0 aromatic heterocycles. The number of nitrogens with one attached hydrogen (secondary N) is 2. The number of halogens is 3. The summed E-state index contributed by atoms with van der Waals surface area (Å²) >= 11 is 0. The molecule has 4 rings (SSSR count). The van der Waals surface area contributed by atoms with Crippen LogP contribution in [0.15, 0.2) is 60.7 Å². The fourth-order valence-electron chi connectivity index (χ4n) is 2.71. The molecule has 2 fully saturated rings. The number of benzene rings is 2. The minimum Gasteiger partial charge on any atom is -0.741 e. The molecule has 0 saturated heterocycles. The molecular formula is C26H27F3IrN2O5S2-2. The molecule has 7 nitrogen and oxygen atoms in total. The van der Waals surface area contributed by atoms with Gasteiger partial charge in [0.1, 0.15) is 0 Å². The van der Waals surface area contributed by atoms with Crippen molar-refractivity contribution in [1.29, 1.82) is 0 Å². The molecule has 2 saturated carbocycles. The first kappa shape index (κ1) is 37.7. The van der Waals surface area contributed by atoms with E-state index in [0.717, 1.165) is 17.4 Å². The van der Waals surface area contributed by atoms with E-state index < -0.39 is 37.7 Å². The van der Waals surface area contributed by atoms with E-state index in [-0.39, 0.29) is 20.1 Å². The second-order valence-electron chi connectivity index (χ2n) is 7.49. The second kappa shape index (κ2) is 18.9. The van der Waals surface area contributed by atoms with E-state index in [1.54, 1.807) is 0 Å². The van der Waals surface area contributed by atoms with Crippen LogP contribution in [-0.4, -0.2) is 33.2 Å². The predicted molar refractivity (Wildman–Crippen MR) is 139 cm³/mol. The van der Waals surface area contributed by atoms with Crippen molar-refractivity contribution in [2.75, 3.05) is 6.26 Å². The molecule has 0 bridgehead atoms. The molecule has 2 atom stereocenters. The number of hydrogen-bond acceptors (Lipinski definition) is 5. The molecule has 0 heterocycles. The van der Waals surface area contributed by atoms with Gasteiger partial charge in [0.05, 0.1) is 6.26 Å². The zero-order chi connectivity index (χ0) is 28.7. The first-order chi connectivity index (χ1) is 17.7. The first-order valence-corrected chi connectivity index (χ1v) is 14.2. The average molecular weight is 761 g/mol. The maximum atomic E-state index is 11.6. The summed E-state index contributed by atoms with van der Waals surface area (Å²) in [6.45, 7) is 0. The minimum atomic E-state index is -6.09. The van der Waals surface area contributed by atoms with Gasteiger partial charge in [-0.1, -0.05) is 72.3 Å². The SMILES string of the molecule is CS(=O)(=O)N[C@@H](c1ccccc1)[C@@H]([NH-])c1ccccc1.O=S(=O)([O-])C(F)(F)F.[CH]1[CH][CH][CH][CH]1.[CH]1[CH][CH][CH][CH]1.[Ir]. The quantitative estimate of drug-likeness (QED) is 0.333. The predicted octanol–water partition coefficient (Wildman–Crippen LogP) is 5.16. The number of hydrogen-bond donors (Lipinski definition) is 1. The Morgan fingerprint density at radius 1 is 0.692 bits per heavy atom. The van der Waals surface area contributed by atoms with Crippen molar-refractivity contribution in [3.8, 4) is 0 Å². The Hall–Kier alpha value is -1.34. The topological polar surface area (TPSA) is 127 Å². The third-order valence-electron chi connectivity index (χ3n) is 4.39. The molecule has 39 heavy (non-hydrogen) atoms. The molecule has 0 aliphatic heterocycles. The zero-order valence-corrected chi connectivity index (χ0v) is 24.6. The standard InChI is InChI=1S/C15H17N2O2S.2C5H5.CHF3O3S.Ir/c1-20(18,19)17-15(13-10-6-3-7-11-13)14(16)12-8-4-2-5-9-12;2*1-2-4-5-3-1;2-1(3,4)8(5,6)7;/h2-11,14-17H,1H3;2*1-5H;(H,5,6,7);/q-1;;;;/p-1/t14-,15-;;;;/m0..../s1. The number of alkyl halides is 3. The molecule has 2 N–H and O–H groups in total. The van der Waals surface area contributed by atoms with Gasteiger partial charge in [0.25, 0.3) is 0 Å². The Balaban J connectivity index is 0.000000618. The molecule has 0 unspecified atom stereocenters. The van der Waals surface area contributed by atoms with Gasteiger partial charge in [-0.2, -0.15) is 13.2 Å². The molecule has 2 aliphatic rings. The summed E-state index contributed by atoms with van der Waals surface area (Å²) in [6.07, 6.45) is 21.1.